The molecule has 0 aliphatic carbocycles. The molecule has 1 N–H and O–H groups in total. The second kappa shape index (κ2) is 11.6. The summed E-state index contributed by atoms with van der Waals surface area (Å²) in [6, 6.07) is 7.32. The minimum absolute atomic E-state index is 0.0290. The summed E-state index contributed by atoms with van der Waals surface area (Å²) < 4.78 is 22.2. The highest BCUT2D eigenvalue weighted by Crippen LogP contribution is 2.29. The van der Waals surface area contributed by atoms with E-state index in [4.69, 9.17) is 18.9 Å². The van der Waals surface area contributed by atoms with Gasteiger partial charge in [-0.2, -0.15) is 5.26 Å². The largest absolute Gasteiger partial charge is 0.493 e. The Morgan fingerprint density at radius 3 is 2.87 bits per heavy atom. The molecule has 0 aromatic heterocycles. The lowest BCUT2D eigenvalue weighted by atomic mass is 10.1. The standard InChI is InChI=1S/C22H29N3O5/c1-27-20-5-4-17(14-21(20)30-12-8-25-6-10-28-11-7-25)13-18(15-23)22(26)24-16-19-3-2-9-29-19/h4-5,13-14,19H,2-3,6-12,16H2,1H3,(H,24,26)/b18-13-/t19-/m0/s1. The lowest BCUT2D eigenvalue weighted by Crippen LogP contribution is -2.38. The summed E-state index contributed by atoms with van der Waals surface area (Å²) in [6.45, 7) is 5.73. The molecule has 8 heteroatoms. The zero-order valence-corrected chi connectivity index (χ0v) is 17.4. The molecule has 2 fully saturated rings. The van der Waals surface area contributed by atoms with Crippen molar-refractivity contribution in [2.45, 2.75) is 18.9 Å². The van der Waals surface area contributed by atoms with E-state index in [1.165, 1.54) is 0 Å². The molecule has 1 aromatic rings. The number of nitriles is 1. The van der Waals surface area contributed by atoms with Crippen LogP contribution in [0.4, 0.5) is 0 Å². The van der Waals surface area contributed by atoms with Gasteiger partial charge >= 0.3 is 0 Å². The number of carbonyl (C=O) groups is 1. The monoisotopic (exact) mass is 415 g/mol. The lowest BCUT2D eigenvalue weighted by Gasteiger charge is -2.26. The SMILES string of the molecule is COc1ccc(/C=C(/C#N)C(=O)NC[C@@H]2CCCO2)cc1OCCN1CCOCC1. The zero-order valence-electron chi connectivity index (χ0n) is 17.4. The van der Waals surface area contributed by atoms with Crippen molar-refractivity contribution in [1.29, 1.82) is 5.26 Å². The Balaban J connectivity index is 1.61. The fraction of sp³-hybridized carbons (Fsp3) is 0.545. The van der Waals surface area contributed by atoms with Crippen LogP contribution in [0.5, 0.6) is 11.5 Å². The van der Waals surface area contributed by atoms with Gasteiger partial charge in [0.05, 0.1) is 26.4 Å². The third kappa shape index (κ3) is 6.46. The Bertz CT molecular complexity index is 777. The van der Waals surface area contributed by atoms with Crippen molar-refractivity contribution in [2.24, 2.45) is 0 Å². The summed E-state index contributed by atoms with van der Waals surface area (Å²) in [5, 5.41) is 12.2. The number of morpholine rings is 1. The van der Waals surface area contributed by atoms with Crippen LogP contribution in [0.15, 0.2) is 23.8 Å². The summed E-state index contributed by atoms with van der Waals surface area (Å²) >= 11 is 0. The van der Waals surface area contributed by atoms with Gasteiger partial charge in [-0.25, -0.2) is 0 Å². The molecule has 0 saturated carbocycles. The van der Waals surface area contributed by atoms with Crippen molar-refractivity contribution in [1.82, 2.24) is 10.2 Å². The van der Waals surface area contributed by atoms with Crippen molar-refractivity contribution in [3.05, 3.63) is 29.3 Å². The maximum atomic E-state index is 12.4. The molecule has 8 nitrogen and oxygen atoms in total. The van der Waals surface area contributed by atoms with Crippen LogP contribution in [0.25, 0.3) is 6.08 Å². The van der Waals surface area contributed by atoms with Gasteiger partial charge in [0.1, 0.15) is 18.2 Å². The maximum absolute atomic E-state index is 12.4. The minimum atomic E-state index is -0.404. The lowest BCUT2D eigenvalue weighted by molar-refractivity contribution is -0.117. The predicted octanol–water partition coefficient (Wildman–Crippen LogP) is 1.61. The number of nitrogens with zero attached hydrogens (tertiary/aromatic N) is 2. The average Bonchev–Trinajstić information content (AvgIpc) is 3.30. The van der Waals surface area contributed by atoms with E-state index in [1.807, 2.05) is 6.07 Å². The smallest absolute Gasteiger partial charge is 0.262 e. The normalized spacial score (nSPS) is 19.9. The Morgan fingerprint density at radius 1 is 1.33 bits per heavy atom. The topological polar surface area (TPSA) is 93.0 Å². The molecule has 0 bridgehead atoms. The van der Waals surface area contributed by atoms with Crippen LogP contribution in [0.3, 0.4) is 0 Å². The van der Waals surface area contributed by atoms with Gasteiger partial charge in [0, 0.05) is 32.8 Å². The van der Waals surface area contributed by atoms with Crippen molar-refractivity contribution in [2.75, 3.05) is 59.7 Å². The molecule has 0 unspecified atom stereocenters. The average molecular weight is 415 g/mol. The Labute approximate surface area is 177 Å². The summed E-state index contributed by atoms with van der Waals surface area (Å²) in [7, 11) is 1.58. The number of amides is 1. The second-order valence-electron chi connectivity index (χ2n) is 7.23. The molecule has 0 radical (unpaired) electrons. The van der Waals surface area contributed by atoms with Crippen molar-refractivity contribution in [3.8, 4) is 17.6 Å². The van der Waals surface area contributed by atoms with Crippen LogP contribution < -0.4 is 14.8 Å². The summed E-state index contributed by atoms with van der Waals surface area (Å²) in [5.74, 6) is 0.783. The van der Waals surface area contributed by atoms with Gasteiger partial charge in [0.25, 0.3) is 5.91 Å². The quantitative estimate of drug-likeness (QED) is 0.484. The molecule has 2 heterocycles. The zero-order chi connectivity index (χ0) is 21.2. The van der Waals surface area contributed by atoms with Gasteiger partial charge in [0.15, 0.2) is 11.5 Å². The number of hydrogen-bond donors (Lipinski definition) is 1. The van der Waals surface area contributed by atoms with E-state index in [2.05, 4.69) is 10.2 Å². The molecule has 2 saturated heterocycles. The molecular formula is C22H29N3O5. The second-order valence-corrected chi connectivity index (χ2v) is 7.23. The third-order valence-electron chi connectivity index (χ3n) is 5.15. The summed E-state index contributed by atoms with van der Waals surface area (Å²) in [6.07, 6.45) is 3.51. The van der Waals surface area contributed by atoms with Crippen LogP contribution >= 0.6 is 0 Å². The van der Waals surface area contributed by atoms with Gasteiger partial charge in [-0.15, -0.1) is 0 Å². The molecule has 1 amide bonds. The van der Waals surface area contributed by atoms with Crippen LogP contribution in [0.2, 0.25) is 0 Å². The highest BCUT2D eigenvalue weighted by Gasteiger charge is 2.18. The number of methoxy groups -OCH3 is 1. The predicted molar refractivity (Wildman–Crippen MR) is 111 cm³/mol. The fourth-order valence-electron chi connectivity index (χ4n) is 3.43. The van der Waals surface area contributed by atoms with Crippen LogP contribution in [0.1, 0.15) is 18.4 Å². The van der Waals surface area contributed by atoms with Gasteiger partial charge < -0.3 is 24.3 Å². The summed E-state index contributed by atoms with van der Waals surface area (Å²) in [4.78, 5) is 14.6. The molecule has 162 valence electrons. The Morgan fingerprint density at radius 2 is 2.17 bits per heavy atom. The van der Waals surface area contributed by atoms with Crippen LogP contribution in [-0.2, 0) is 14.3 Å². The van der Waals surface area contributed by atoms with E-state index in [1.54, 1.807) is 31.4 Å². The van der Waals surface area contributed by atoms with E-state index in [0.717, 1.165) is 52.3 Å². The maximum Gasteiger partial charge on any atom is 0.262 e. The van der Waals surface area contributed by atoms with E-state index in [0.29, 0.717) is 30.2 Å². The number of ether oxygens (including phenoxy) is 4. The van der Waals surface area contributed by atoms with Crippen molar-refractivity contribution < 1.29 is 23.7 Å². The highest BCUT2D eigenvalue weighted by atomic mass is 16.5. The van der Waals surface area contributed by atoms with E-state index in [9.17, 15) is 10.1 Å². The first-order valence-electron chi connectivity index (χ1n) is 10.3. The molecule has 1 atom stereocenters. The Kier molecular flexibility index (Phi) is 8.51. The van der Waals surface area contributed by atoms with Crippen molar-refractivity contribution in [3.63, 3.8) is 0 Å². The number of hydrogen-bond acceptors (Lipinski definition) is 7. The van der Waals surface area contributed by atoms with Gasteiger partial charge in [-0.05, 0) is 36.6 Å². The molecule has 2 aliphatic rings. The minimum Gasteiger partial charge on any atom is -0.493 e. The molecular weight excluding hydrogens is 386 g/mol. The first-order valence-corrected chi connectivity index (χ1v) is 10.3. The third-order valence-corrected chi connectivity index (χ3v) is 5.15. The number of carbonyl (C=O) groups excluding carboxylic acids is 1. The molecule has 30 heavy (non-hydrogen) atoms. The number of rotatable bonds is 9. The number of nitrogens with one attached hydrogen (secondary N) is 1. The first kappa shape index (κ1) is 22.1. The highest BCUT2D eigenvalue weighted by molar-refractivity contribution is 6.01. The Hall–Kier alpha value is -2.60. The molecule has 2 aliphatic heterocycles. The van der Waals surface area contributed by atoms with E-state index in [-0.39, 0.29) is 11.7 Å². The summed E-state index contributed by atoms with van der Waals surface area (Å²) in [5.41, 5.74) is 0.735. The first-order chi connectivity index (χ1) is 14.7. The van der Waals surface area contributed by atoms with Gasteiger partial charge in [-0.1, -0.05) is 6.07 Å². The molecule has 3 rings (SSSR count). The fourth-order valence-corrected chi connectivity index (χ4v) is 3.43. The molecule has 1 aromatic carbocycles. The van der Waals surface area contributed by atoms with E-state index < -0.39 is 5.91 Å². The van der Waals surface area contributed by atoms with Gasteiger partial charge in [-0.3, -0.25) is 9.69 Å². The van der Waals surface area contributed by atoms with Crippen LogP contribution in [0, 0.1) is 11.3 Å². The van der Waals surface area contributed by atoms with Crippen molar-refractivity contribution >= 4 is 12.0 Å². The molecule has 0 spiro atoms. The van der Waals surface area contributed by atoms with Crippen LogP contribution in [-0.4, -0.2) is 76.6 Å². The number of benzene rings is 1. The van der Waals surface area contributed by atoms with E-state index >= 15 is 0 Å². The van der Waals surface area contributed by atoms with Gasteiger partial charge in [0.2, 0.25) is 0 Å².